The highest BCUT2D eigenvalue weighted by Gasteiger charge is 2.43. The highest BCUT2D eigenvalue weighted by Crippen LogP contribution is 2.39. The molecule has 2 saturated carbocycles. The summed E-state index contributed by atoms with van der Waals surface area (Å²) in [6, 6.07) is 9.29. The topological polar surface area (TPSA) is 122 Å². The van der Waals surface area contributed by atoms with Crippen LogP contribution in [0.2, 0.25) is 0 Å². The molecule has 0 saturated heterocycles. The van der Waals surface area contributed by atoms with Crippen molar-refractivity contribution in [3.8, 4) is 11.4 Å². The molecule has 186 valence electrons. The number of imidazole rings is 1. The number of aromatic nitrogens is 6. The van der Waals surface area contributed by atoms with Crippen molar-refractivity contribution in [1.82, 2.24) is 34.9 Å². The fourth-order valence-electron chi connectivity index (χ4n) is 4.65. The third kappa shape index (κ3) is 4.36. The van der Waals surface area contributed by atoms with E-state index in [-0.39, 0.29) is 5.54 Å². The summed E-state index contributed by atoms with van der Waals surface area (Å²) in [5.74, 6) is 0.575. The van der Waals surface area contributed by atoms with E-state index in [4.69, 9.17) is 9.72 Å². The molecule has 4 aromatic rings. The number of alkyl halides is 1. The molecule has 0 spiro atoms. The number of fused-ring (bicyclic) bond motifs is 1. The molecule has 2 aliphatic rings. The number of H-pyrrole nitrogens is 1. The number of pyridine rings is 1. The van der Waals surface area contributed by atoms with E-state index in [1.54, 1.807) is 12.3 Å². The number of amides is 1. The van der Waals surface area contributed by atoms with Crippen LogP contribution in [0.25, 0.3) is 17.0 Å². The highest BCUT2D eigenvalue weighted by atomic mass is 19.1. The highest BCUT2D eigenvalue weighted by molar-refractivity contribution is 5.69. The average Bonchev–Trinajstić information content (AvgIpc) is 3.18. The first-order valence-electron chi connectivity index (χ1n) is 12.1. The van der Waals surface area contributed by atoms with Crippen molar-refractivity contribution in [3.05, 3.63) is 54.1 Å². The Hall–Kier alpha value is -4.02. The number of nitrogens with zero attached hydrogens (tertiary/aromatic N) is 5. The first kappa shape index (κ1) is 22.4. The molecule has 4 aromatic heterocycles. The SMILES string of the molecule is Cc1cn2c(Nc3cc([C@@H]4CC[C@H](OC(=O)NC5(C)CC5)[C@@H]4F)[nH]n3)nc(-c3ccccn3)cc2n1. The van der Waals surface area contributed by atoms with Crippen LogP contribution in [0.3, 0.4) is 0 Å². The van der Waals surface area contributed by atoms with E-state index in [0.29, 0.717) is 36.0 Å². The fraction of sp³-hybridized carbons (Fsp3) is 0.400. The Morgan fingerprint density at radius 3 is 2.86 bits per heavy atom. The van der Waals surface area contributed by atoms with Crippen molar-refractivity contribution in [1.29, 1.82) is 0 Å². The minimum Gasteiger partial charge on any atom is -0.443 e. The van der Waals surface area contributed by atoms with Gasteiger partial charge in [-0.05, 0) is 51.7 Å². The molecular weight excluding hydrogens is 463 g/mol. The summed E-state index contributed by atoms with van der Waals surface area (Å²) >= 11 is 0. The lowest BCUT2D eigenvalue weighted by Gasteiger charge is -2.19. The molecule has 3 atom stereocenters. The van der Waals surface area contributed by atoms with Crippen molar-refractivity contribution >= 4 is 23.5 Å². The average molecular weight is 491 g/mol. The number of carbonyl (C=O) groups excluding carboxylic acids is 1. The Labute approximate surface area is 206 Å². The zero-order chi connectivity index (χ0) is 24.9. The van der Waals surface area contributed by atoms with Crippen molar-refractivity contribution in [2.75, 3.05) is 5.32 Å². The van der Waals surface area contributed by atoms with Gasteiger partial charge in [-0.25, -0.2) is 19.2 Å². The molecule has 6 rings (SSSR count). The molecule has 36 heavy (non-hydrogen) atoms. The molecular formula is C25H27FN8O2. The van der Waals surface area contributed by atoms with Gasteiger partial charge in [-0.15, -0.1) is 0 Å². The number of nitrogens with one attached hydrogen (secondary N) is 3. The van der Waals surface area contributed by atoms with E-state index in [1.165, 1.54) is 0 Å². The number of hydrogen-bond donors (Lipinski definition) is 3. The van der Waals surface area contributed by atoms with Gasteiger partial charge in [0, 0.05) is 41.7 Å². The summed E-state index contributed by atoms with van der Waals surface area (Å²) in [5.41, 5.74) is 3.40. The van der Waals surface area contributed by atoms with E-state index in [9.17, 15) is 4.79 Å². The minimum absolute atomic E-state index is 0.202. The largest absolute Gasteiger partial charge is 0.443 e. The van der Waals surface area contributed by atoms with Crippen molar-refractivity contribution in [2.45, 2.75) is 63.3 Å². The second-order valence-corrected chi connectivity index (χ2v) is 9.88. The van der Waals surface area contributed by atoms with Crippen molar-refractivity contribution in [3.63, 3.8) is 0 Å². The number of carbonyl (C=O) groups is 1. The van der Waals surface area contributed by atoms with Gasteiger partial charge in [0.15, 0.2) is 5.82 Å². The number of rotatable bonds is 6. The predicted octanol–water partition coefficient (Wildman–Crippen LogP) is 4.43. The summed E-state index contributed by atoms with van der Waals surface area (Å²) < 4.78 is 22.5. The van der Waals surface area contributed by atoms with Crippen LogP contribution in [0.1, 0.15) is 49.9 Å². The lowest BCUT2D eigenvalue weighted by molar-refractivity contribution is 0.0546. The maximum atomic E-state index is 15.2. The summed E-state index contributed by atoms with van der Waals surface area (Å²) in [4.78, 5) is 25.8. The Morgan fingerprint density at radius 1 is 1.22 bits per heavy atom. The molecule has 4 heterocycles. The predicted molar refractivity (Wildman–Crippen MR) is 131 cm³/mol. The number of halogens is 1. The first-order chi connectivity index (χ1) is 17.4. The van der Waals surface area contributed by atoms with Gasteiger partial charge in [0.05, 0.1) is 17.1 Å². The van der Waals surface area contributed by atoms with E-state index >= 15 is 4.39 Å². The second-order valence-electron chi connectivity index (χ2n) is 9.88. The maximum absolute atomic E-state index is 15.2. The van der Waals surface area contributed by atoms with Crippen LogP contribution >= 0.6 is 0 Å². The van der Waals surface area contributed by atoms with Gasteiger partial charge in [0.25, 0.3) is 0 Å². The maximum Gasteiger partial charge on any atom is 0.407 e. The van der Waals surface area contributed by atoms with Crippen LogP contribution in [0.5, 0.6) is 0 Å². The molecule has 1 amide bonds. The van der Waals surface area contributed by atoms with E-state index in [1.807, 2.05) is 48.7 Å². The minimum atomic E-state index is -1.32. The molecule has 0 radical (unpaired) electrons. The van der Waals surface area contributed by atoms with E-state index in [2.05, 4.69) is 30.8 Å². The van der Waals surface area contributed by atoms with Gasteiger partial charge in [-0.2, -0.15) is 5.10 Å². The van der Waals surface area contributed by atoms with E-state index < -0.39 is 24.3 Å². The summed E-state index contributed by atoms with van der Waals surface area (Å²) in [5, 5.41) is 13.3. The quantitative estimate of drug-likeness (QED) is 0.365. The monoisotopic (exact) mass is 490 g/mol. The number of aromatic amines is 1. The molecule has 2 aliphatic carbocycles. The van der Waals surface area contributed by atoms with Crippen molar-refractivity contribution in [2.24, 2.45) is 0 Å². The van der Waals surface area contributed by atoms with Crippen LogP contribution in [0.15, 0.2) is 42.7 Å². The molecule has 11 heteroatoms. The lowest BCUT2D eigenvalue weighted by Crippen LogP contribution is -2.38. The third-order valence-corrected chi connectivity index (χ3v) is 6.90. The molecule has 2 fully saturated rings. The first-order valence-corrected chi connectivity index (χ1v) is 12.1. The Balaban J connectivity index is 1.20. The van der Waals surface area contributed by atoms with Crippen LogP contribution in [-0.2, 0) is 4.74 Å². The van der Waals surface area contributed by atoms with Gasteiger partial charge in [0.2, 0.25) is 5.95 Å². The normalized spacial score (nSPS) is 22.5. The number of aryl methyl sites for hydroxylation is 1. The van der Waals surface area contributed by atoms with Crippen molar-refractivity contribution < 1.29 is 13.9 Å². The second kappa shape index (κ2) is 8.58. The number of ether oxygens (including phenoxy) is 1. The summed E-state index contributed by atoms with van der Waals surface area (Å²) in [7, 11) is 0. The Kier molecular flexibility index (Phi) is 5.35. The zero-order valence-corrected chi connectivity index (χ0v) is 20.0. The number of alkyl carbamates (subject to hydrolysis) is 1. The van der Waals surface area contributed by atoms with Crippen LogP contribution in [0.4, 0.5) is 21.0 Å². The van der Waals surface area contributed by atoms with Gasteiger partial charge in [-0.1, -0.05) is 6.07 Å². The van der Waals surface area contributed by atoms with Gasteiger partial charge < -0.3 is 15.4 Å². The van der Waals surface area contributed by atoms with Gasteiger partial charge in [0.1, 0.15) is 17.9 Å². The molecule has 10 nitrogen and oxygen atoms in total. The zero-order valence-electron chi connectivity index (χ0n) is 20.0. The van der Waals surface area contributed by atoms with Crippen LogP contribution in [0, 0.1) is 6.92 Å². The number of anilines is 2. The fourth-order valence-corrected chi connectivity index (χ4v) is 4.65. The Morgan fingerprint density at radius 2 is 2.08 bits per heavy atom. The molecule has 0 aliphatic heterocycles. The standard InChI is InChI=1S/C25H27FN8O2/c1-14-13-34-21(28-14)12-18(16-5-3-4-10-27-16)29-23(34)30-20-11-17(32-33-20)15-6-7-19(22(15)26)36-24(35)31-25(2)8-9-25/h3-5,10-13,15,19,22H,6-9H2,1-2H3,(H,31,35)(H2,29,30,32,33)/t15-,19-,22+/m0/s1. The van der Waals surface area contributed by atoms with Gasteiger partial charge >= 0.3 is 6.09 Å². The van der Waals surface area contributed by atoms with Crippen LogP contribution in [-0.4, -0.2) is 53.5 Å². The molecule has 0 aromatic carbocycles. The number of hydrogen-bond acceptors (Lipinski definition) is 7. The molecule has 3 N–H and O–H groups in total. The summed E-state index contributed by atoms with van der Waals surface area (Å²) in [6.45, 7) is 3.87. The lowest BCUT2D eigenvalue weighted by atomic mass is 10.0. The van der Waals surface area contributed by atoms with Crippen LogP contribution < -0.4 is 10.6 Å². The molecule has 0 unspecified atom stereocenters. The molecule has 0 bridgehead atoms. The third-order valence-electron chi connectivity index (χ3n) is 6.90. The smallest absolute Gasteiger partial charge is 0.407 e. The van der Waals surface area contributed by atoms with Gasteiger partial charge in [-0.3, -0.25) is 14.5 Å². The Bertz CT molecular complexity index is 1410. The summed E-state index contributed by atoms with van der Waals surface area (Å²) in [6.07, 6.45) is 3.81. The van der Waals surface area contributed by atoms with E-state index in [0.717, 1.165) is 29.9 Å².